The molecule has 2 saturated carbocycles. The summed E-state index contributed by atoms with van der Waals surface area (Å²) in [5.41, 5.74) is 0.130. The maximum atomic E-state index is 12.9. The molecular weight excluding hydrogens is 344 g/mol. The molecule has 0 amide bonds. The predicted molar refractivity (Wildman–Crippen MR) is 116 cm³/mol. The molecule has 0 N–H and O–H groups in total. The van der Waals surface area contributed by atoms with Crippen LogP contribution < -0.4 is 0 Å². The van der Waals surface area contributed by atoms with Gasteiger partial charge in [-0.3, -0.25) is 4.79 Å². The van der Waals surface area contributed by atoms with Crippen molar-refractivity contribution in [2.75, 3.05) is 0 Å². The summed E-state index contributed by atoms with van der Waals surface area (Å²) in [5, 5.41) is 0. The van der Waals surface area contributed by atoms with Crippen molar-refractivity contribution in [1.29, 1.82) is 0 Å². The SMILES string of the molecule is CC(C)CCCC[C@H]1CCC2C(CC=O)C(C3(C)CCC=CC3=O)CC[C@@]21C. The van der Waals surface area contributed by atoms with Crippen LogP contribution in [0.5, 0.6) is 0 Å². The molecule has 2 nitrogen and oxygen atoms in total. The molecule has 158 valence electrons. The van der Waals surface area contributed by atoms with E-state index in [1.165, 1.54) is 44.9 Å². The highest BCUT2D eigenvalue weighted by molar-refractivity contribution is 5.95. The molecule has 3 aliphatic carbocycles. The highest BCUT2D eigenvalue weighted by atomic mass is 16.1. The van der Waals surface area contributed by atoms with Crippen LogP contribution in [0.3, 0.4) is 0 Å². The maximum Gasteiger partial charge on any atom is 0.161 e. The Balaban J connectivity index is 1.74. The molecule has 0 bridgehead atoms. The molecule has 0 aliphatic heterocycles. The number of carbonyl (C=O) groups excluding carboxylic acids is 2. The first-order valence-electron chi connectivity index (χ1n) is 12.0. The highest BCUT2D eigenvalue weighted by Crippen LogP contribution is 2.63. The molecule has 0 aromatic carbocycles. The molecule has 0 spiro atoms. The number of allylic oxidation sites excluding steroid dienone is 2. The second-order valence-corrected chi connectivity index (χ2v) is 11.0. The zero-order chi connectivity index (χ0) is 20.4. The number of aldehydes is 1. The number of ketones is 1. The molecule has 0 saturated heterocycles. The lowest BCUT2D eigenvalue weighted by Crippen LogP contribution is -2.49. The summed E-state index contributed by atoms with van der Waals surface area (Å²) in [6.07, 6.45) is 18.0. The van der Waals surface area contributed by atoms with Crippen molar-refractivity contribution in [1.82, 2.24) is 0 Å². The summed E-state index contributed by atoms with van der Waals surface area (Å²) in [4.78, 5) is 24.5. The first-order valence-corrected chi connectivity index (χ1v) is 12.0. The minimum Gasteiger partial charge on any atom is -0.303 e. The van der Waals surface area contributed by atoms with E-state index in [0.29, 0.717) is 35.4 Å². The van der Waals surface area contributed by atoms with Gasteiger partial charge in [0.15, 0.2) is 5.78 Å². The number of unbranched alkanes of at least 4 members (excludes halogenated alkanes) is 1. The van der Waals surface area contributed by atoms with E-state index >= 15 is 0 Å². The summed E-state index contributed by atoms with van der Waals surface area (Å²) >= 11 is 0. The Labute approximate surface area is 172 Å². The average molecular weight is 387 g/mol. The predicted octanol–water partition coefficient (Wildman–Crippen LogP) is 6.78. The van der Waals surface area contributed by atoms with E-state index in [0.717, 1.165) is 37.4 Å². The lowest BCUT2D eigenvalue weighted by atomic mass is 9.50. The Morgan fingerprint density at radius 2 is 1.89 bits per heavy atom. The summed E-state index contributed by atoms with van der Waals surface area (Å²) in [6, 6.07) is 0. The normalized spacial score (nSPS) is 40.7. The number of hydrogen-bond donors (Lipinski definition) is 0. The zero-order valence-corrected chi connectivity index (χ0v) is 18.7. The van der Waals surface area contributed by atoms with Gasteiger partial charge in [-0.15, -0.1) is 0 Å². The first kappa shape index (κ1) is 21.8. The molecule has 0 radical (unpaired) electrons. The Bertz CT molecular complexity index is 591. The van der Waals surface area contributed by atoms with Crippen molar-refractivity contribution in [3.05, 3.63) is 12.2 Å². The molecule has 2 heteroatoms. The van der Waals surface area contributed by atoms with Gasteiger partial charge in [0.2, 0.25) is 0 Å². The monoisotopic (exact) mass is 386 g/mol. The molecule has 3 rings (SSSR count). The van der Waals surface area contributed by atoms with Crippen LogP contribution in [-0.4, -0.2) is 12.1 Å². The summed E-state index contributed by atoms with van der Waals surface area (Å²) in [5.74, 6) is 3.34. The summed E-state index contributed by atoms with van der Waals surface area (Å²) in [6.45, 7) is 9.36. The van der Waals surface area contributed by atoms with Gasteiger partial charge in [-0.2, -0.15) is 0 Å². The molecule has 0 heterocycles. The van der Waals surface area contributed by atoms with Crippen LogP contribution in [0.4, 0.5) is 0 Å². The first-order chi connectivity index (χ1) is 13.3. The number of fused-ring (bicyclic) bond motifs is 1. The van der Waals surface area contributed by atoms with Crippen molar-refractivity contribution in [2.24, 2.45) is 40.4 Å². The largest absolute Gasteiger partial charge is 0.303 e. The van der Waals surface area contributed by atoms with Crippen LogP contribution in [-0.2, 0) is 9.59 Å². The highest BCUT2D eigenvalue weighted by Gasteiger charge is 2.57. The molecule has 2 fully saturated rings. The van der Waals surface area contributed by atoms with E-state index in [1.807, 2.05) is 12.2 Å². The third kappa shape index (κ3) is 4.03. The van der Waals surface area contributed by atoms with Gasteiger partial charge in [-0.25, -0.2) is 0 Å². The van der Waals surface area contributed by atoms with Crippen LogP contribution in [0.2, 0.25) is 0 Å². The molecule has 4 unspecified atom stereocenters. The van der Waals surface area contributed by atoms with Crippen LogP contribution >= 0.6 is 0 Å². The minimum atomic E-state index is -0.251. The van der Waals surface area contributed by atoms with Crippen molar-refractivity contribution in [2.45, 2.75) is 98.3 Å². The number of rotatable bonds is 8. The Hall–Kier alpha value is -0.920. The second kappa shape index (κ2) is 8.84. The van der Waals surface area contributed by atoms with E-state index in [9.17, 15) is 9.59 Å². The zero-order valence-electron chi connectivity index (χ0n) is 18.7. The quantitative estimate of drug-likeness (QED) is 0.340. The molecule has 28 heavy (non-hydrogen) atoms. The smallest absolute Gasteiger partial charge is 0.161 e. The Morgan fingerprint density at radius 3 is 2.57 bits per heavy atom. The van der Waals surface area contributed by atoms with E-state index in [4.69, 9.17) is 0 Å². The summed E-state index contributed by atoms with van der Waals surface area (Å²) < 4.78 is 0. The number of carbonyl (C=O) groups is 2. The average Bonchev–Trinajstić information content (AvgIpc) is 2.98. The van der Waals surface area contributed by atoms with E-state index < -0.39 is 0 Å². The van der Waals surface area contributed by atoms with Crippen molar-refractivity contribution in [3.63, 3.8) is 0 Å². The van der Waals surface area contributed by atoms with Crippen molar-refractivity contribution >= 4 is 12.1 Å². The van der Waals surface area contributed by atoms with Crippen molar-refractivity contribution < 1.29 is 9.59 Å². The lowest BCUT2D eigenvalue weighted by Gasteiger charge is -2.53. The number of hydrogen-bond acceptors (Lipinski definition) is 2. The van der Waals surface area contributed by atoms with Gasteiger partial charge in [-0.1, -0.05) is 53.0 Å². The minimum absolute atomic E-state index is 0.251. The van der Waals surface area contributed by atoms with Gasteiger partial charge < -0.3 is 4.79 Å². The maximum absolute atomic E-state index is 12.9. The molecule has 0 aromatic rings. The summed E-state index contributed by atoms with van der Waals surface area (Å²) in [7, 11) is 0. The van der Waals surface area contributed by atoms with Gasteiger partial charge >= 0.3 is 0 Å². The van der Waals surface area contributed by atoms with Crippen LogP contribution in [0.15, 0.2) is 12.2 Å². The fourth-order valence-electron chi connectivity index (χ4n) is 7.30. The Morgan fingerprint density at radius 1 is 1.11 bits per heavy atom. The fraction of sp³-hybridized carbons (Fsp3) is 0.846. The molecular formula is C26H42O2. The fourth-order valence-corrected chi connectivity index (χ4v) is 7.30. The van der Waals surface area contributed by atoms with Gasteiger partial charge in [-0.05, 0) is 86.0 Å². The standard InChI is InChI=1S/C26H42O2/c1-19(2)9-5-6-10-20-12-13-22-21(15-18-27)23(14-17-25(20,22)3)26(4)16-8-7-11-24(26)28/h7,11,18-23H,5-6,8-10,12-17H2,1-4H3/t20-,21?,22?,23?,25+,26?/m0/s1. The molecule has 0 aromatic heterocycles. The molecule has 6 atom stereocenters. The van der Waals surface area contributed by atoms with Crippen molar-refractivity contribution in [3.8, 4) is 0 Å². The third-order valence-corrected chi connectivity index (χ3v) is 9.07. The van der Waals surface area contributed by atoms with E-state index in [-0.39, 0.29) is 5.41 Å². The second-order valence-electron chi connectivity index (χ2n) is 11.0. The van der Waals surface area contributed by atoms with E-state index in [2.05, 4.69) is 27.7 Å². The van der Waals surface area contributed by atoms with Gasteiger partial charge in [0.1, 0.15) is 6.29 Å². The Kier molecular flexibility index (Phi) is 6.88. The van der Waals surface area contributed by atoms with E-state index in [1.54, 1.807) is 0 Å². The van der Waals surface area contributed by atoms with Crippen LogP contribution in [0.1, 0.15) is 98.3 Å². The van der Waals surface area contributed by atoms with Gasteiger partial charge in [0.25, 0.3) is 0 Å². The van der Waals surface area contributed by atoms with Gasteiger partial charge in [0.05, 0.1) is 0 Å². The topological polar surface area (TPSA) is 34.1 Å². The van der Waals surface area contributed by atoms with Crippen LogP contribution in [0.25, 0.3) is 0 Å². The lowest BCUT2D eigenvalue weighted by molar-refractivity contribution is -0.135. The van der Waals surface area contributed by atoms with Gasteiger partial charge in [0, 0.05) is 11.8 Å². The van der Waals surface area contributed by atoms with Crippen LogP contribution in [0, 0.1) is 40.4 Å². The third-order valence-electron chi connectivity index (χ3n) is 9.07. The molecule has 3 aliphatic rings.